The van der Waals surface area contributed by atoms with Gasteiger partial charge in [0.15, 0.2) is 0 Å². The van der Waals surface area contributed by atoms with Crippen LogP contribution in [0.3, 0.4) is 0 Å². The van der Waals surface area contributed by atoms with E-state index in [1.165, 1.54) is 20.2 Å². The molecule has 9 aromatic carbocycles. The summed E-state index contributed by atoms with van der Waals surface area (Å²) in [4.78, 5) is 13.8. The number of fused-ring (bicyclic) bond motifs is 10. The fraction of sp³-hybridized carbons (Fsp3) is 0. The minimum Gasteiger partial charge on any atom is -0.318 e. The Balaban J connectivity index is 1.32. The number of hydrogen-bond donors (Lipinski definition) is 0. The van der Waals surface area contributed by atoms with Crippen molar-refractivity contribution in [1.82, 2.24) is 19.1 Å². The van der Waals surface area contributed by atoms with Crippen LogP contribution >= 0.6 is 11.3 Å². The van der Waals surface area contributed by atoms with Crippen molar-refractivity contribution < 1.29 is 0 Å². The summed E-state index contributed by atoms with van der Waals surface area (Å²) < 4.78 is 7.02. The van der Waals surface area contributed by atoms with Gasteiger partial charge < -0.3 is 9.13 Å². The second kappa shape index (κ2) is 12.6. The highest BCUT2D eigenvalue weighted by Crippen LogP contribution is 2.54. The van der Waals surface area contributed by atoms with Gasteiger partial charge in [0.05, 0.1) is 51.1 Å². The summed E-state index contributed by atoms with van der Waals surface area (Å²) in [7, 11) is 0. The summed E-state index contributed by atoms with van der Waals surface area (Å²) >= 11 is 1.80. The predicted octanol–water partition coefficient (Wildman–Crippen LogP) is 14.5. The molecule has 4 aromatic heterocycles. The van der Waals surface area contributed by atoms with Gasteiger partial charge >= 0.3 is 0 Å². The lowest BCUT2D eigenvalue weighted by Gasteiger charge is -2.25. The molecule has 0 spiro atoms. The van der Waals surface area contributed by atoms with Crippen LogP contribution in [0.4, 0.5) is 5.69 Å². The molecular formula is C54H28N6S. The number of nitriles is 1. The molecule has 61 heavy (non-hydrogen) atoms. The molecule has 0 aliphatic heterocycles. The number of rotatable bonds is 4. The highest BCUT2D eigenvalue weighted by Gasteiger charge is 2.32. The van der Waals surface area contributed by atoms with Crippen LogP contribution < -0.4 is 0 Å². The number of nitrogens with zero attached hydrogens (tertiary/aromatic N) is 6. The van der Waals surface area contributed by atoms with E-state index < -0.39 is 0 Å². The van der Waals surface area contributed by atoms with E-state index in [-0.39, 0.29) is 0 Å². The summed E-state index contributed by atoms with van der Waals surface area (Å²) in [6.45, 7) is 9.16. The van der Waals surface area contributed by atoms with Crippen LogP contribution in [-0.2, 0) is 0 Å². The van der Waals surface area contributed by atoms with E-state index in [9.17, 15) is 5.26 Å². The molecule has 13 rings (SSSR count). The maximum absolute atomic E-state index is 11.7. The van der Waals surface area contributed by atoms with E-state index in [0.29, 0.717) is 22.5 Å². The number of aromatic nitrogens is 4. The molecule has 6 nitrogen and oxygen atoms in total. The molecule has 0 saturated carbocycles. The van der Waals surface area contributed by atoms with Gasteiger partial charge in [-0.05, 0) is 52.9 Å². The lowest BCUT2D eigenvalue weighted by Crippen LogP contribution is -2.08. The first-order valence-corrected chi connectivity index (χ1v) is 20.9. The SMILES string of the molecule is [C-]#[N+]c1c(-c2ccccc2)c(C#N)c(-n2c3ccccc3c3c4c(ccc32)sc2ccccc24)c(-c2ccccc2)c1-n1c2cccc3c4cncnc4c4cccc1c4c32. The Morgan fingerprint density at radius 1 is 0.508 bits per heavy atom. The monoisotopic (exact) mass is 792 g/mol. The summed E-state index contributed by atoms with van der Waals surface area (Å²) in [6, 6.07) is 57.3. The van der Waals surface area contributed by atoms with Gasteiger partial charge in [0.1, 0.15) is 12.4 Å². The van der Waals surface area contributed by atoms with Gasteiger partial charge in [0.2, 0.25) is 5.69 Å². The Labute approximate surface area is 352 Å². The molecule has 0 bridgehead atoms. The first-order valence-electron chi connectivity index (χ1n) is 20.1. The van der Waals surface area contributed by atoms with Crippen molar-refractivity contribution >= 4 is 102 Å². The van der Waals surface area contributed by atoms with E-state index in [4.69, 9.17) is 11.6 Å². The molecule has 0 aliphatic carbocycles. The van der Waals surface area contributed by atoms with Gasteiger partial charge in [-0.15, -0.1) is 11.3 Å². The molecule has 0 radical (unpaired) electrons. The fourth-order valence-corrected chi connectivity index (χ4v) is 11.3. The van der Waals surface area contributed by atoms with E-state index in [1.807, 2.05) is 54.7 Å². The molecule has 0 N–H and O–H groups in total. The Bertz CT molecular complexity index is 3980. The molecule has 0 aliphatic rings. The van der Waals surface area contributed by atoms with Crippen LogP contribution in [-0.4, -0.2) is 19.1 Å². The number of para-hydroxylation sites is 1. The molecule has 0 atom stereocenters. The zero-order valence-corrected chi connectivity index (χ0v) is 33.1. The summed E-state index contributed by atoms with van der Waals surface area (Å²) in [6.07, 6.45) is 3.52. The maximum Gasteiger partial charge on any atom is 0.220 e. The smallest absolute Gasteiger partial charge is 0.220 e. The van der Waals surface area contributed by atoms with Crippen LogP contribution in [0.5, 0.6) is 0 Å². The first kappa shape index (κ1) is 33.6. The highest BCUT2D eigenvalue weighted by atomic mass is 32.1. The molecule has 0 amide bonds. The molecule has 280 valence electrons. The van der Waals surface area contributed by atoms with Crippen molar-refractivity contribution in [2.45, 2.75) is 0 Å². The molecule has 0 saturated heterocycles. The lowest BCUT2D eigenvalue weighted by atomic mass is 9.88. The standard InChI is InChI=1S/C54H28N6S/c1-56-52-45(31-14-4-2-5-15-31)37(28-55)53(59-39-22-10-8-18-34(39)48-42(59)26-27-44-50(48)35-19-9-11-25-43(35)61-44)46(32-16-6-3-7-17-32)54(52)60-40-23-12-20-33-38-29-57-30-58-51(38)36-21-13-24-41(60)49(36)47(33)40/h2-27,29-30H. The Morgan fingerprint density at radius 3 is 1.85 bits per heavy atom. The third-order valence-corrected chi connectivity index (χ3v) is 13.6. The summed E-state index contributed by atoms with van der Waals surface area (Å²) in [5.41, 5.74) is 10.1. The number of hydrogen-bond acceptors (Lipinski definition) is 4. The van der Waals surface area contributed by atoms with Crippen LogP contribution in [0, 0.1) is 17.9 Å². The lowest BCUT2D eigenvalue weighted by molar-refractivity contribution is 1.13. The van der Waals surface area contributed by atoms with Crippen molar-refractivity contribution in [3.63, 3.8) is 0 Å². The Kier molecular flexibility index (Phi) is 6.92. The number of thiophene rings is 1. The minimum atomic E-state index is 0.406. The van der Waals surface area contributed by atoms with Crippen LogP contribution in [0.2, 0.25) is 0 Å². The quantitative estimate of drug-likeness (QED) is 0.132. The fourth-order valence-electron chi connectivity index (χ4n) is 10.2. The molecule has 0 unspecified atom stereocenters. The van der Waals surface area contributed by atoms with Crippen molar-refractivity contribution in [1.29, 1.82) is 5.26 Å². The normalized spacial score (nSPS) is 11.9. The molecule has 7 heteroatoms. The van der Waals surface area contributed by atoms with Gasteiger partial charge in [-0.3, -0.25) is 0 Å². The van der Waals surface area contributed by atoms with Crippen LogP contribution in [0.15, 0.2) is 170 Å². The average molecular weight is 793 g/mol. The summed E-state index contributed by atoms with van der Waals surface area (Å²) in [5, 5.41) is 21.6. The zero-order chi connectivity index (χ0) is 40.3. The van der Waals surface area contributed by atoms with Gasteiger partial charge in [0, 0.05) is 69.8 Å². The molecular weight excluding hydrogens is 765 g/mol. The van der Waals surface area contributed by atoms with Crippen LogP contribution in [0.25, 0.3) is 124 Å². The van der Waals surface area contributed by atoms with E-state index in [0.717, 1.165) is 87.7 Å². The van der Waals surface area contributed by atoms with Gasteiger partial charge in [-0.1, -0.05) is 121 Å². The maximum atomic E-state index is 11.7. The van der Waals surface area contributed by atoms with E-state index in [1.54, 1.807) is 17.7 Å². The largest absolute Gasteiger partial charge is 0.318 e. The Hall–Kier alpha value is -8.36. The van der Waals surface area contributed by atoms with E-state index in [2.05, 4.69) is 134 Å². The average Bonchev–Trinajstić information content (AvgIpc) is 3.99. The van der Waals surface area contributed by atoms with Crippen molar-refractivity contribution in [2.75, 3.05) is 0 Å². The molecule has 4 heterocycles. The highest BCUT2D eigenvalue weighted by molar-refractivity contribution is 7.26. The Morgan fingerprint density at radius 2 is 1.10 bits per heavy atom. The van der Waals surface area contributed by atoms with Crippen molar-refractivity contribution in [2.24, 2.45) is 0 Å². The second-order valence-corrected chi connectivity index (χ2v) is 16.5. The van der Waals surface area contributed by atoms with Gasteiger partial charge in [0.25, 0.3) is 0 Å². The van der Waals surface area contributed by atoms with Crippen molar-refractivity contribution in [3.05, 3.63) is 187 Å². The zero-order valence-electron chi connectivity index (χ0n) is 32.3. The third kappa shape index (κ3) is 4.42. The van der Waals surface area contributed by atoms with Gasteiger partial charge in [-0.2, -0.15) is 5.26 Å². The molecule has 0 fully saturated rings. The third-order valence-electron chi connectivity index (χ3n) is 12.5. The number of benzene rings is 9. The predicted molar refractivity (Wildman–Crippen MR) is 252 cm³/mol. The summed E-state index contributed by atoms with van der Waals surface area (Å²) in [5.74, 6) is 0. The topological polar surface area (TPSA) is 63.8 Å². The second-order valence-electron chi connectivity index (χ2n) is 15.4. The molecule has 13 aromatic rings. The first-order chi connectivity index (χ1) is 30.2. The minimum absolute atomic E-state index is 0.406. The van der Waals surface area contributed by atoms with Crippen molar-refractivity contribution in [3.8, 4) is 39.7 Å². The van der Waals surface area contributed by atoms with E-state index >= 15 is 0 Å². The van der Waals surface area contributed by atoms with Gasteiger partial charge in [-0.25, -0.2) is 14.8 Å². The van der Waals surface area contributed by atoms with Crippen LogP contribution in [0.1, 0.15) is 5.56 Å².